The number of carbonyl (C=O) groups is 3. The van der Waals surface area contributed by atoms with Crippen molar-refractivity contribution < 1.29 is 29.0 Å². The van der Waals surface area contributed by atoms with Crippen LogP contribution in [-0.4, -0.2) is 47.2 Å². The van der Waals surface area contributed by atoms with Crippen LogP contribution in [0, 0.1) is 0 Å². The van der Waals surface area contributed by atoms with Gasteiger partial charge in [0.15, 0.2) is 11.5 Å². The Balaban J connectivity index is 1.23. The van der Waals surface area contributed by atoms with Crippen LogP contribution in [0.2, 0.25) is 0 Å². The fraction of sp³-hybridized carbons (Fsp3) is 0.318. The van der Waals surface area contributed by atoms with Crippen molar-refractivity contribution >= 4 is 17.8 Å². The summed E-state index contributed by atoms with van der Waals surface area (Å²) >= 11 is 0. The van der Waals surface area contributed by atoms with Gasteiger partial charge in [-0.05, 0) is 48.2 Å². The molecular weight excluding hydrogens is 402 g/mol. The largest absolute Gasteiger partial charge is 0.508 e. The van der Waals surface area contributed by atoms with Crippen LogP contribution in [0.25, 0.3) is 0 Å². The monoisotopic (exact) mass is 425 g/mol. The highest BCUT2D eigenvalue weighted by molar-refractivity contribution is 6.04. The molecule has 31 heavy (non-hydrogen) atoms. The Morgan fingerprint density at radius 3 is 2.65 bits per heavy atom. The Morgan fingerprint density at radius 2 is 1.84 bits per heavy atom. The maximum absolute atomic E-state index is 12.6. The summed E-state index contributed by atoms with van der Waals surface area (Å²) in [5.41, 5.74) is 1.75. The molecule has 0 saturated carbocycles. The maximum Gasteiger partial charge on any atom is 0.325 e. The molecule has 2 aromatic rings. The van der Waals surface area contributed by atoms with Crippen LogP contribution in [0.5, 0.6) is 17.2 Å². The van der Waals surface area contributed by atoms with Gasteiger partial charge in [-0.3, -0.25) is 14.5 Å². The van der Waals surface area contributed by atoms with Crippen molar-refractivity contribution in [2.45, 2.75) is 31.8 Å². The Bertz CT molecular complexity index is 991. The molecule has 4 amide bonds. The van der Waals surface area contributed by atoms with E-state index >= 15 is 0 Å². The second kappa shape index (κ2) is 8.95. The van der Waals surface area contributed by atoms with Crippen LogP contribution >= 0.6 is 0 Å². The average Bonchev–Trinajstić information content (AvgIpc) is 3.33. The molecule has 9 nitrogen and oxygen atoms in total. The number of aromatic hydroxyl groups is 1. The standard InChI is InChI=1S/C22H23N3O6/c26-16-4-1-14(2-5-16)9-10-23-20(27)8-6-17-21(28)25(22(29)24-17)12-15-3-7-18-19(11-15)31-13-30-18/h1-5,7,11,17,26H,6,8-10,12-13H2,(H,23,27)(H,24,29)/t17-/m0/s1. The molecule has 2 aliphatic rings. The Hall–Kier alpha value is -3.75. The van der Waals surface area contributed by atoms with Crippen molar-refractivity contribution in [3.63, 3.8) is 0 Å². The van der Waals surface area contributed by atoms with Crippen molar-refractivity contribution in [1.29, 1.82) is 0 Å². The van der Waals surface area contributed by atoms with E-state index in [-0.39, 0.29) is 43.7 Å². The predicted molar refractivity (Wildman–Crippen MR) is 109 cm³/mol. The molecule has 2 heterocycles. The molecule has 0 unspecified atom stereocenters. The van der Waals surface area contributed by atoms with Crippen LogP contribution in [0.15, 0.2) is 42.5 Å². The topological polar surface area (TPSA) is 117 Å². The first kappa shape index (κ1) is 20.5. The van der Waals surface area contributed by atoms with E-state index in [9.17, 15) is 19.5 Å². The number of ether oxygens (including phenoxy) is 2. The van der Waals surface area contributed by atoms with Crippen LogP contribution in [0.1, 0.15) is 24.0 Å². The number of urea groups is 1. The molecule has 0 bridgehead atoms. The molecule has 1 saturated heterocycles. The first-order valence-electron chi connectivity index (χ1n) is 10.0. The number of imide groups is 1. The fourth-order valence-electron chi connectivity index (χ4n) is 3.52. The highest BCUT2D eigenvalue weighted by atomic mass is 16.7. The minimum Gasteiger partial charge on any atom is -0.508 e. The van der Waals surface area contributed by atoms with Crippen LogP contribution in [0.4, 0.5) is 4.79 Å². The third kappa shape index (κ3) is 4.88. The summed E-state index contributed by atoms with van der Waals surface area (Å²) in [7, 11) is 0. The third-order valence-electron chi connectivity index (χ3n) is 5.22. The summed E-state index contributed by atoms with van der Waals surface area (Å²) in [6.07, 6.45) is 0.992. The Kier molecular flexibility index (Phi) is 5.92. The average molecular weight is 425 g/mol. The molecule has 0 aliphatic carbocycles. The van der Waals surface area contributed by atoms with Crippen LogP contribution < -0.4 is 20.1 Å². The van der Waals surface area contributed by atoms with E-state index in [1.54, 1.807) is 42.5 Å². The number of rotatable bonds is 8. The van der Waals surface area contributed by atoms with E-state index in [4.69, 9.17) is 9.47 Å². The van der Waals surface area contributed by atoms with Gasteiger partial charge in [-0.25, -0.2) is 4.79 Å². The lowest BCUT2D eigenvalue weighted by molar-refractivity contribution is -0.128. The van der Waals surface area contributed by atoms with Gasteiger partial charge in [0.05, 0.1) is 6.54 Å². The zero-order valence-electron chi connectivity index (χ0n) is 16.8. The van der Waals surface area contributed by atoms with E-state index in [0.717, 1.165) is 16.0 Å². The highest BCUT2D eigenvalue weighted by Crippen LogP contribution is 2.33. The molecule has 0 aromatic heterocycles. The van der Waals surface area contributed by atoms with Gasteiger partial charge in [-0.2, -0.15) is 0 Å². The lowest BCUT2D eigenvalue weighted by Gasteiger charge is -2.13. The number of nitrogens with zero attached hydrogens (tertiary/aromatic N) is 1. The molecule has 3 N–H and O–H groups in total. The summed E-state index contributed by atoms with van der Waals surface area (Å²) in [5, 5.41) is 14.7. The number of hydrogen-bond donors (Lipinski definition) is 3. The molecule has 1 atom stereocenters. The number of carbonyl (C=O) groups excluding carboxylic acids is 3. The van der Waals surface area contributed by atoms with Gasteiger partial charge >= 0.3 is 6.03 Å². The summed E-state index contributed by atoms with van der Waals surface area (Å²) in [6.45, 7) is 0.725. The maximum atomic E-state index is 12.6. The second-order valence-corrected chi connectivity index (χ2v) is 7.42. The number of phenolic OH excluding ortho intramolecular Hbond substituents is 1. The van der Waals surface area contributed by atoms with Gasteiger partial charge in [-0.15, -0.1) is 0 Å². The molecule has 0 radical (unpaired) electrons. The van der Waals surface area contributed by atoms with Gasteiger partial charge in [0, 0.05) is 13.0 Å². The van der Waals surface area contributed by atoms with Crippen molar-refractivity contribution in [1.82, 2.24) is 15.5 Å². The zero-order valence-corrected chi connectivity index (χ0v) is 16.8. The minimum atomic E-state index is -0.718. The van der Waals surface area contributed by atoms with Crippen LogP contribution in [0.3, 0.4) is 0 Å². The van der Waals surface area contributed by atoms with E-state index < -0.39 is 12.1 Å². The normalized spacial score (nSPS) is 17.0. The summed E-state index contributed by atoms with van der Waals surface area (Å²) in [5.74, 6) is 0.888. The minimum absolute atomic E-state index is 0.122. The Morgan fingerprint density at radius 1 is 1.10 bits per heavy atom. The molecule has 2 aromatic carbocycles. The number of fused-ring (bicyclic) bond motifs is 1. The lowest BCUT2D eigenvalue weighted by atomic mass is 10.1. The molecule has 162 valence electrons. The number of phenols is 1. The number of benzene rings is 2. The fourth-order valence-corrected chi connectivity index (χ4v) is 3.52. The summed E-state index contributed by atoms with van der Waals surface area (Å²) in [4.78, 5) is 38.1. The Labute approximate surface area is 178 Å². The van der Waals surface area contributed by atoms with Gasteiger partial charge < -0.3 is 25.2 Å². The van der Waals surface area contributed by atoms with E-state index in [1.165, 1.54) is 0 Å². The van der Waals surface area contributed by atoms with Crippen LogP contribution in [-0.2, 0) is 22.6 Å². The van der Waals surface area contributed by atoms with Gasteiger partial charge in [-0.1, -0.05) is 18.2 Å². The van der Waals surface area contributed by atoms with E-state index in [2.05, 4.69) is 10.6 Å². The van der Waals surface area contributed by atoms with E-state index in [0.29, 0.717) is 24.5 Å². The molecule has 1 fully saturated rings. The zero-order chi connectivity index (χ0) is 21.8. The van der Waals surface area contributed by atoms with E-state index in [1.807, 2.05) is 0 Å². The number of hydrogen-bond acceptors (Lipinski definition) is 6. The smallest absolute Gasteiger partial charge is 0.325 e. The quantitative estimate of drug-likeness (QED) is 0.554. The number of nitrogens with one attached hydrogen (secondary N) is 2. The van der Waals surface area contributed by atoms with Crippen molar-refractivity contribution in [3.8, 4) is 17.2 Å². The SMILES string of the molecule is O=C(CC[C@@H]1NC(=O)N(Cc2ccc3c(c2)OCO3)C1=O)NCCc1ccc(O)cc1. The van der Waals surface area contributed by atoms with Crippen molar-refractivity contribution in [3.05, 3.63) is 53.6 Å². The molecule has 2 aliphatic heterocycles. The second-order valence-electron chi connectivity index (χ2n) is 7.42. The first-order valence-corrected chi connectivity index (χ1v) is 10.0. The first-order chi connectivity index (χ1) is 15.0. The van der Waals surface area contributed by atoms with Crippen molar-refractivity contribution in [2.24, 2.45) is 0 Å². The van der Waals surface area contributed by atoms with Gasteiger partial charge in [0.1, 0.15) is 11.8 Å². The predicted octanol–water partition coefficient (Wildman–Crippen LogP) is 1.68. The number of amides is 4. The molecular formula is C22H23N3O6. The van der Waals surface area contributed by atoms with Gasteiger partial charge in [0.2, 0.25) is 12.7 Å². The third-order valence-corrected chi connectivity index (χ3v) is 5.22. The summed E-state index contributed by atoms with van der Waals surface area (Å²) < 4.78 is 10.6. The molecule has 9 heteroatoms. The van der Waals surface area contributed by atoms with Crippen molar-refractivity contribution in [2.75, 3.05) is 13.3 Å². The summed E-state index contributed by atoms with van der Waals surface area (Å²) in [6, 6.07) is 10.9. The molecule has 4 rings (SSSR count). The molecule has 0 spiro atoms. The van der Waals surface area contributed by atoms with Gasteiger partial charge in [0.25, 0.3) is 5.91 Å². The lowest BCUT2D eigenvalue weighted by Crippen LogP contribution is -2.33. The highest BCUT2D eigenvalue weighted by Gasteiger charge is 2.38.